The molecular weight excluding hydrogens is 1120 g/mol. The van der Waals surface area contributed by atoms with Gasteiger partial charge in [-0.05, 0) is 162 Å². The first-order valence-electron chi connectivity index (χ1n) is 30.6. The van der Waals surface area contributed by atoms with Crippen molar-refractivity contribution in [3.8, 4) is 34.4 Å². The van der Waals surface area contributed by atoms with Crippen molar-refractivity contribution in [3.05, 3.63) is 276 Å². The van der Waals surface area contributed by atoms with E-state index in [-0.39, 0.29) is 0 Å². The standard InChI is InChI=1S/C81H58N4O2Si2/c1-88(2,3)55-37-31-51(32-38-55)84(75-29-15-26-66-64-24-13-17-49(47-82)77(64)86-79(66)75)53-35-41-62-63-42-36-54(85(52-33-39-56(40-34-52)89(4,5)6)76-30-16-27-67-65-25-14-18-50(48-83)78(65)87-80(67)76)44-73(63)81(72(62)43-53)71-28-12-11-23-61(71)70-45-68-59-21-9-7-19-57(59)58-20-8-10-22-60(58)69(68)46-74(70)81/h7-46H,1-6H3. The van der Waals surface area contributed by atoms with E-state index in [2.05, 4.69) is 280 Å². The number of nitrogens with zero attached hydrogens (tertiary/aromatic N) is 4. The second kappa shape index (κ2) is 19.1. The smallest absolute Gasteiger partial charge is 0.159 e. The maximum atomic E-state index is 10.4. The molecule has 0 saturated carbocycles. The third-order valence-electron chi connectivity index (χ3n) is 19.2. The molecule has 6 nitrogen and oxygen atoms in total. The molecule has 2 heterocycles. The summed E-state index contributed by atoms with van der Waals surface area (Å²) in [6, 6.07) is 93.7. The second-order valence-corrected chi connectivity index (χ2v) is 36.3. The van der Waals surface area contributed by atoms with Crippen molar-refractivity contribution < 1.29 is 8.83 Å². The van der Waals surface area contributed by atoms with Crippen LogP contribution in [0.15, 0.2) is 251 Å². The number of furan rings is 2. The summed E-state index contributed by atoms with van der Waals surface area (Å²) in [5.41, 5.74) is 18.0. The Bertz CT molecular complexity index is 5390. The number of fused-ring (bicyclic) bond motifs is 22. The van der Waals surface area contributed by atoms with Crippen molar-refractivity contribution in [1.82, 2.24) is 0 Å². The summed E-state index contributed by atoms with van der Waals surface area (Å²) in [6.07, 6.45) is 0. The fraction of sp³-hybridized carbons (Fsp3) is 0.0864. The highest BCUT2D eigenvalue weighted by atomic mass is 28.3. The van der Waals surface area contributed by atoms with E-state index in [0.29, 0.717) is 33.5 Å². The number of nitriles is 2. The average Bonchev–Trinajstić information content (AvgIpc) is 1.51. The lowest BCUT2D eigenvalue weighted by Gasteiger charge is -2.33. The molecular formula is C81H58N4O2Si2. The zero-order valence-corrected chi connectivity index (χ0v) is 52.2. The Hall–Kier alpha value is -10.7. The van der Waals surface area contributed by atoms with Crippen molar-refractivity contribution >= 4 is 137 Å². The van der Waals surface area contributed by atoms with Gasteiger partial charge in [-0.3, -0.25) is 0 Å². The van der Waals surface area contributed by atoms with Gasteiger partial charge < -0.3 is 18.6 Å². The summed E-state index contributed by atoms with van der Waals surface area (Å²) >= 11 is 0. The lowest BCUT2D eigenvalue weighted by molar-refractivity contribution is 0.667. The molecule has 17 rings (SSSR count). The van der Waals surface area contributed by atoms with Crippen LogP contribution in [0, 0.1) is 22.7 Å². The molecule has 0 bridgehead atoms. The molecule has 0 atom stereocenters. The molecule has 0 N–H and O–H groups in total. The highest BCUT2D eigenvalue weighted by Crippen LogP contribution is 2.65. The van der Waals surface area contributed by atoms with Gasteiger partial charge >= 0.3 is 0 Å². The normalized spacial score (nSPS) is 13.1. The van der Waals surface area contributed by atoms with Crippen molar-refractivity contribution in [2.24, 2.45) is 0 Å². The monoisotopic (exact) mass is 1170 g/mol. The Morgan fingerprint density at radius 1 is 0.303 bits per heavy atom. The molecule has 2 aromatic heterocycles. The van der Waals surface area contributed by atoms with Crippen LogP contribution < -0.4 is 20.2 Å². The molecule has 2 aliphatic carbocycles. The number of benzene rings is 13. The lowest BCUT2D eigenvalue weighted by atomic mass is 9.70. The van der Waals surface area contributed by atoms with Crippen LogP contribution >= 0.6 is 0 Å². The van der Waals surface area contributed by atoms with Gasteiger partial charge in [0.2, 0.25) is 0 Å². The molecule has 0 aliphatic heterocycles. The van der Waals surface area contributed by atoms with E-state index in [1.54, 1.807) is 0 Å². The fourth-order valence-electron chi connectivity index (χ4n) is 15.0. The Morgan fingerprint density at radius 3 is 1.11 bits per heavy atom. The zero-order chi connectivity index (χ0) is 60.2. The first-order valence-corrected chi connectivity index (χ1v) is 37.6. The summed E-state index contributed by atoms with van der Waals surface area (Å²) in [5.74, 6) is 0. The molecule has 422 valence electrons. The molecule has 0 fully saturated rings. The molecule has 2 aliphatic rings. The van der Waals surface area contributed by atoms with Gasteiger partial charge in [0.15, 0.2) is 22.3 Å². The molecule has 0 radical (unpaired) electrons. The van der Waals surface area contributed by atoms with Gasteiger partial charge in [0.1, 0.15) is 12.1 Å². The van der Waals surface area contributed by atoms with Gasteiger partial charge in [0.25, 0.3) is 0 Å². The summed E-state index contributed by atoms with van der Waals surface area (Å²) in [7, 11) is -3.39. The number of para-hydroxylation sites is 4. The van der Waals surface area contributed by atoms with E-state index in [4.69, 9.17) is 8.83 Å². The van der Waals surface area contributed by atoms with Gasteiger partial charge in [-0.1, -0.05) is 207 Å². The highest BCUT2D eigenvalue weighted by molar-refractivity contribution is 6.89. The lowest BCUT2D eigenvalue weighted by Crippen LogP contribution is -2.37. The first kappa shape index (κ1) is 52.6. The maximum Gasteiger partial charge on any atom is 0.159 e. The predicted octanol–water partition coefficient (Wildman–Crippen LogP) is 21.1. The minimum absolute atomic E-state index is 0.503. The Kier molecular flexibility index (Phi) is 11.3. The largest absolute Gasteiger partial charge is 0.452 e. The summed E-state index contributed by atoms with van der Waals surface area (Å²) in [4.78, 5) is 4.74. The van der Waals surface area contributed by atoms with Crippen LogP contribution in [-0.4, -0.2) is 16.1 Å². The van der Waals surface area contributed by atoms with Crippen LogP contribution in [0.3, 0.4) is 0 Å². The quantitative estimate of drug-likeness (QED) is 0.111. The van der Waals surface area contributed by atoms with Crippen molar-refractivity contribution in [2.75, 3.05) is 9.80 Å². The van der Waals surface area contributed by atoms with Crippen LogP contribution in [0.4, 0.5) is 34.1 Å². The Morgan fingerprint density at radius 2 is 0.663 bits per heavy atom. The van der Waals surface area contributed by atoms with Crippen LogP contribution in [0.25, 0.3) is 98.4 Å². The first-order chi connectivity index (χ1) is 43.3. The van der Waals surface area contributed by atoms with Crippen LogP contribution in [0.5, 0.6) is 0 Å². The van der Waals surface area contributed by atoms with E-state index < -0.39 is 21.6 Å². The minimum Gasteiger partial charge on any atom is -0.452 e. The molecule has 89 heavy (non-hydrogen) atoms. The van der Waals surface area contributed by atoms with Gasteiger partial charge in [0, 0.05) is 44.3 Å². The number of anilines is 6. The average molecular weight is 1180 g/mol. The molecule has 13 aromatic carbocycles. The molecule has 8 heteroatoms. The van der Waals surface area contributed by atoms with Crippen LogP contribution in [-0.2, 0) is 5.41 Å². The third kappa shape index (κ3) is 7.58. The summed E-state index contributed by atoms with van der Waals surface area (Å²) in [6.45, 7) is 14.4. The third-order valence-corrected chi connectivity index (χ3v) is 23.4. The number of hydrogen-bond acceptors (Lipinski definition) is 6. The maximum absolute atomic E-state index is 10.4. The minimum atomic E-state index is -1.70. The SMILES string of the molecule is C[Si](C)(C)c1ccc(N(c2ccc3c(c2)C2(c4ccccc4-c4cc5c6ccccc6c6ccccc6c5cc42)c2cc(N(c4ccc([Si](C)(C)C)cc4)c4cccc5c4oc4c(C#N)cccc45)ccc2-3)c2cccc3c2oc2c(C#N)cccc23)cc1. The van der Waals surface area contributed by atoms with Gasteiger partial charge in [-0.15, -0.1) is 0 Å². The predicted molar refractivity (Wildman–Crippen MR) is 375 cm³/mol. The van der Waals surface area contributed by atoms with E-state index in [1.165, 1.54) is 76.1 Å². The van der Waals surface area contributed by atoms with Crippen molar-refractivity contribution in [3.63, 3.8) is 0 Å². The van der Waals surface area contributed by atoms with E-state index in [9.17, 15) is 10.5 Å². The van der Waals surface area contributed by atoms with E-state index in [0.717, 1.165) is 66.8 Å². The molecule has 1 spiro atoms. The summed E-state index contributed by atoms with van der Waals surface area (Å²) in [5, 5.41) is 34.6. The van der Waals surface area contributed by atoms with E-state index >= 15 is 0 Å². The molecule has 0 amide bonds. The topological polar surface area (TPSA) is 80.3 Å². The second-order valence-electron chi connectivity index (χ2n) is 26.2. The fourth-order valence-corrected chi connectivity index (χ4v) is 17.4. The Labute approximate surface area is 518 Å². The van der Waals surface area contributed by atoms with Crippen molar-refractivity contribution in [2.45, 2.75) is 44.7 Å². The highest BCUT2D eigenvalue weighted by Gasteiger charge is 2.52. The molecule has 0 unspecified atom stereocenters. The van der Waals surface area contributed by atoms with Gasteiger partial charge in [-0.2, -0.15) is 10.5 Å². The Balaban J connectivity index is 0.977. The van der Waals surface area contributed by atoms with Crippen LogP contribution in [0.1, 0.15) is 33.4 Å². The number of rotatable bonds is 8. The van der Waals surface area contributed by atoms with E-state index in [1.807, 2.05) is 24.3 Å². The number of hydrogen-bond donors (Lipinski definition) is 0. The summed E-state index contributed by atoms with van der Waals surface area (Å²) < 4.78 is 13.9. The zero-order valence-electron chi connectivity index (χ0n) is 50.2. The molecule has 0 saturated heterocycles. The van der Waals surface area contributed by atoms with Gasteiger partial charge in [0.05, 0.1) is 44.1 Å². The van der Waals surface area contributed by atoms with Crippen LogP contribution in [0.2, 0.25) is 39.3 Å². The van der Waals surface area contributed by atoms with Gasteiger partial charge in [-0.25, -0.2) is 0 Å². The van der Waals surface area contributed by atoms with Crippen molar-refractivity contribution in [1.29, 1.82) is 10.5 Å². The molecule has 15 aromatic rings.